The van der Waals surface area contributed by atoms with Crippen LogP contribution in [0.25, 0.3) is 0 Å². The minimum Gasteiger partial charge on any atom is -0.316 e. The number of rotatable bonds is 1. The van der Waals surface area contributed by atoms with Crippen LogP contribution in [0.4, 0.5) is 5.69 Å². The van der Waals surface area contributed by atoms with E-state index in [0.29, 0.717) is 17.4 Å². The van der Waals surface area contributed by atoms with Crippen molar-refractivity contribution in [1.29, 1.82) is 0 Å². The topological polar surface area (TPSA) is 32.3 Å². The summed E-state index contributed by atoms with van der Waals surface area (Å²) in [6.07, 6.45) is 0.551. The fourth-order valence-corrected chi connectivity index (χ4v) is 2.15. The Kier molecular flexibility index (Phi) is 4.02. The Morgan fingerprint density at radius 1 is 1.35 bits per heavy atom. The van der Waals surface area contributed by atoms with Crippen molar-refractivity contribution in [2.24, 2.45) is 5.92 Å². The first kappa shape index (κ1) is 12.4. The lowest BCUT2D eigenvalue weighted by molar-refractivity contribution is -0.118. The third-order valence-electron chi connectivity index (χ3n) is 2.94. The first-order chi connectivity index (χ1) is 8.16. The molecular formula is C13H17ClN2O. The van der Waals surface area contributed by atoms with Crippen LogP contribution in [0.3, 0.4) is 0 Å². The monoisotopic (exact) mass is 252 g/mol. The van der Waals surface area contributed by atoms with E-state index in [0.717, 1.165) is 25.3 Å². The summed E-state index contributed by atoms with van der Waals surface area (Å²) < 4.78 is 0. The normalized spacial score (nSPS) is 22.1. The molecular weight excluding hydrogens is 236 g/mol. The van der Waals surface area contributed by atoms with E-state index in [1.54, 1.807) is 0 Å². The summed E-state index contributed by atoms with van der Waals surface area (Å²) in [5.74, 6) is 0.626. The zero-order chi connectivity index (χ0) is 12.3. The molecule has 1 aromatic carbocycles. The van der Waals surface area contributed by atoms with Gasteiger partial charge in [0.05, 0.1) is 0 Å². The molecule has 1 aliphatic heterocycles. The molecule has 0 radical (unpaired) electrons. The van der Waals surface area contributed by atoms with E-state index >= 15 is 0 Å². The van der Waals surface area contributed by atoms with Crippen molar-refractivity contribution in [3.8, 4) is 0 Å². The summed E-state index contributed by atoms with van der Waals surface area (Å²) in [4.78, 5) is 13.9. The van der Waals surface area contributed by atoms with Gasteiger partial charge in [-0.3, -0.25) is 4.79 Å². The number of nitrogens with one attached hydrogen (secondary N) is 1. The fraction of sp³-hybridized carbons (Fsp3) is 0.462. The van der Waals surface area contributed by atoms with Gasteiger partial charge in [0.2, 0.25) is 5.91 Å². The molecule has 0 saturated carbocycles. The van der Waals surface area contributed by atoms with Gasteiger partial charge in [0.25, 0.3) is 0 Å². The van der Waals surface area contributed by atoms with Gasteiger partial charge in [-0.05, 0) is 36.7 Å². The molecule has 0 spiro atoms. The van der Waals surface area contributed by atoms with E-state index in [4.69, 9.17) is 11.6 Å². The van der Waals surface area contributed by atoms with E-state index in [-0.39, 0.29) is 5.91 Å². The van der Waals surface area contributed by atoms with Crippen LogP contribution in [0.2, 0.25) is 5.02 Å². The van der Waals surface area contributed by atoms with Crippen LogP contribution >= 0.6 is 11.6 Å². The number of hydrogen-bond donors (Lipinski definition) is 1. The summed E-state index contributed by atoms with van der Waals surface area (Å²) in [5.41, 5.74) is 0.938. The Bertz CT molecular complexity index is 391. The maximum atomic E-state index is 12.1. The maximum absolute atomic E-state index is 12.1. The Balaban J connectivity index is 2.20. The number of hydrogen-bond acceptors (Lipinski definition) is 2. The van der Waals surface area contributed by atoms with Crippen molar-refractivity contribution in [1.82, 2.24) is 5.32 Å². The van der Waals surface area contributed by atoms with Crippen LogP contribution in [-0.4, -0.2) is 25.5 Å². The molecule has 1 amide bonds. The summed E-state index contributed by atoms with van der Waals surface area (Å²) >= 11 is 5.86. The average Bonchev–Trinajstić information content (AvgIpc) is 2.31. The van der Waals surface area contributed by atoms with Gasteiger partial charge in [-0.25, -0.2) is 0 Å². The summed E-state index contributed by atoms with van der Waals surface area (Å²) in [7, 11) is 0. The van der Waals surface area contributed by atoms with Crippen LogP contribution in [0.5, 0.6) is 0 Å². The number of carbonyl (C=O) groups is 1. The van der Waals surface area contributed by atoms with Crippen LogP contribution in [0.1, 0.15) is 13.3 Å². The molecule has 1 aliphatic rings. The summed E-state index contributed by atoms with van der Waals surface area (Å²) in [6, 6.07) is 7.46. The highest BCUT2D eigenvalue weighted by atomic mass is 35.5. The molecule has 1 heterocycles. The lowest BCUT2D eigenvalue weighted by Gasteiger charge is -2.28. The lowest BCUT2D eigenvalue weighted by atomic mass is 10.1. The summed E-state index contributed by atoms with van der Waals surface area (Å²) in [6.45, 7) is 4.62. The molecule has 1 saturated heterocycles. The highest BCUT2D eigenvalue weighted by Crippen LogP contribution is 2.20. The van der Waals surface area contributed by atoms with Gasteiger partial charge in [-0.1, -0.05) is 18.5 Å². The number of amides is 1. The molecule has 0 bridgehead atoms. The molecule has 0 aromatic heterocycles. The number of anilines is 1. The van der Waals surface area contributed by atoms with Crippen molar-refractivity contribution < 1.29 is 4.79 Å². The minimum absolute atomic E-state index is 0.173. The smallest absolute Gasteiger partial charge is 0.228 e. The van der Waals surface area contributed by atoms with Gasteiger partial charge in [-0.2, -0.15) is 0 Å². The average molecular weight is 253 g/mol. The third-order valence-corrected chi connectivity index (χ3v) is 3.19. The maximum Gasteiger partial charge on any atom is 0.228 e. The van der Waals surface area contributed by atoms with E-state index in [1.807, 2.05) is 29.2 Å². The second-order valence-corrected chi connectivity index (χ2v) is 4.98. The number of nitrogens with zero attached hydrogens (tertiary/aromatic N) is 1. The predicted molar refractivity (Wildman–Crippen MR) is 70.5 cm³/mol. The van der Waals surface area contributed by atoms with Crippen molar-refractivity contribution in [2.45, 2.75) is 13.3 Å². The van der Waals surface area contributed by atoms with Crippen molar-refractivity contribution >= 4 is 23.2 Å². The highest BCUT2D eigenvalue weighted by Gasteiger charge is 2.20. The number of benzene rings is 1. The van der Waals surface area contributed by atoms with Gasteiger partial charge in [0.15, 0.2) is 0 Å². The van der Waals surface area contributed by atoms with E-state index in [9.17, 15) is 4.79 Å². The van der Waals surface area contributed by atoms with Crippen LogP contribution < -0.4 is 10.2 Å². The lowest BCUT2D eigenvalue weighted by Crippen LogP contribution is -2.42. The summed E-state index contributed by atoms with van der Waals surface area (Å²) in [5, 5.41) is 3.98. The number of carbonyl (C=O) groups excluding carboxylic acids is 1. The SMILES string of the molecule is CC1CNCCC(=O)N(c2ccc(Cl)cc2)C1. The van der Waals surface area contributed by atoms with Crippen molar-refractivity contribution in [3.05, 3.63) is 29.3 Å². The molecule has 2 rings (SSSR count). The van der Waals surface area contributed by atoms with E-state index in [2.05, 4.69) is 12.2 Å². The zero-order valence-corrected chi connectivity index (χ0v) is 10.7. The largest absolute Gasteiger partial charge is 0.316 e. The second-order valence-electron chi connectivity index (χ2n) is 4.54. The highest BCUT2D eigenvalue weighted by molar-refractivity contribution is 6.30. The van der Waals surface area contributed by atoms with Gasteiger partial charge >= 0.3 is 0 Å². The molecule has 4 heteroatoms. The van der Waals surface area contributed by atoms with E-state index in [1.165, 1.54) is 0 Å². The van der Waals surface area contributed by atoms with Gasteiger partial charge < -0.3 is 10.2 Å². The predicted octanol–water partition coefficient (Wildman–Crippen LogP) is 2.30. The molecule has 17 heavy (non-hydrogen) atoms. The number of halogens is 1. The Morgan fingerprint density at radius 2 is 2.06 bits per heavy atom. The van der Waals surface area contributed by atoms with Gasteiger partial charge in [0, 0.05) is 30.2 Å². The Hall–Kier alpha value is -1.06. The standard InChI is InChI=1S/C13H17ClN2O/c1-10-8-15-7-6-13(17)16(9-10)12-4-2-11(14)3-5-12/h2-5,10,15H,6-9H2,1H3. The molecule has 1 N–H and O–H groups in total. The van der Waals surface area contributed by atoms with E-state index < -0.39 is 0 Å². The second kappa shape index (κ2) is 5.52. The quantitative estimate of drug-likeness (QED) is 0.832. The van der Waals surface area contributed by atoms with Gasteiger partial charge in [-0.15, -0.1) is 0 Å². The molecule has 92 valence electrons. The van der Waals surface area contributed by atoms with Crippen molar-refractivity contribution in [3.63, 3.8) is 0 Å². The zero-order valence-electron chi connectivity index (χ0n) is 9.95. The first-order valence-electron chi connectivity index (χ1n) is 5.93. The van der Waals surface area contributed by atoms with Crippen LogP contribution in [-0.2, 0) is 4.79 Å². The molecule has 0 aliphatic carbocycles. The molecule has 3 nitrogen and oxygen atoms in total. The minimum atomic E-state index is 0.173. The van der Waals surface area contributed by atoms with Crippen molar-refractivity contribution in [2.75, 3.05) is 24.5 Å². The molecule has 1 aromatic rings. The Labute approximate surface area is 107 Å². The third kappa shape index (κ3) is 3.20. The van der Waals surface area contributed by atoms with Crippen LogP contribution in [0, 0.1) is 5.92 Å². The molecule has 1 fully saturated rings. The van der Waals surface area contributed by atoms with Gasteiger partial charge in [0.1, 0.15) is 0 Å². The molecule has 1 atom stereocenters. The molecule has 1 unspecified atom stereocenters. The Morgan fingerprint density at radius 3 is 2.76 bits per heavy atom. The first-order valence-corrected chi connectivity index (χ1v) is 6.31. The van der Waals surface area contributed by atoms with Crippen LogP contribution in [0.15, 0.2) is 24.3 Å². The fourth-order valence-electron chi connectivity index (χ4n) is 2.03.